The first-order valence-corrected chi connectivity index (χ1v) is 13.8. The van der Waals surface area contributed by atoms with Crippen molar-refractivity contribution in [2.45, 2.75) is 84.2 Å². The molecule has 0 bridgehead atoms. The van der Waals surface area contributed by atoms with Gasteiger partial charge < -0.3 is 9.05 Å². The third-order valence-corrected chi connectivity index (χ3v) is 12.0. The van der Waals surface area contributed by atoms with Crippen LogP contribution in [0.25, 0.3) is 0 Å². The van der Waals surface area contributed by atoms with E-state index in [4.69, 9.17) is 9.05 Å². The number of hydrogen-bond donors (Lipinski definition) is 0. The molecule has 3 nitrogen and oxygen atoms in total. The second kappa shape index (κ2) is 7.75. The lowest BCUT2D eigenvalue weighted by atomic mass is 9.45. The Hall–Kier alpha value is -0.630. The van der Waals surface area contributed by atoms with E-state index in [-0.39, 0.29) is 6.10 Å². The van der Waals surface area contributed by atoms with E-state index in [9.17, 15) is 4.57 Å². The molecule has 4 aliphatic rings. The van der Waals surface area contributed by atoms with Gasteiger partial charge in [0.1, 0.15) is 0 Å². The van der Waals surface area contributed by atoms with E-state index in [0.717, 1.165) is 30.6 Å². The molecule has 0 amide bonds. The molecule has 0 N–H and O–H groups in total. The van der Waals surface area contributed by atoms with Crippen molar-refractivity contribution in [3.63, 3.8) is 0 Å². The van der Waals surface area contributed by atoms with Gasteiger partial charge >= 0.3 is 7.60 Å². The topological polar surface area (TPSA) is 35.5 Å². The highest BCUT2D eigenvalue weighted by atomic mass is 31.2. The Morgan fingerprint density at radius 3 is 2.50 bits per heavy atom. The third kappa shape index (κ3) is 3.35. The van der Waals surface area contributed by atoms with E-state index in [0.29, 0.717) is 22.1 Å². The van der Waals surface area contributed by atoms with E-state index in [1.165, 1.54) is 58.5 Å². The van der Waals surface area contributed by atoms with E-state index in [2.05, 4.69) is 13.8 Å². The van der Waals surface area contributed by atoms with Crippen LogP contribution in [0, 0.1) is 34.5 Å². The lowest BCUT2D eigenvalue weighted by molar-refractivity contribution is -0.118. The van der Waals surface area contributed by atoms with Crippen molar-refractivity contribution >= 4 is 12.9 Å². The Balaban J connectivity index is 1.31. The summed E-state index contributed by atoms with van der Waals surface area (Å²) in [7, 11) is -1.72. The molecule has 0 radical (unpaired) electrons. The maximum absolute atomic E-state index is 13.4. The molecule has 1 aromatic rings. The molecule has 5 rings (SSSR count). The number of hydrogen-bond acceptors (Lipinski definition) is 3. The molecule has 1 aromatic carbocycles. The second-order valence-electron chi connectivity index (χ2n) is 11.3. The maximum Gasteiger partial charge on any atom is 0.361 e. The van der Waals surface area contributed by atoms with Crippen LogP contribution in [0.15, 0.2) is 30.3 Å². The average molecular weight is 431 g/mol. The van der Waals surface area contributed by atoms with Crippen molar-refractivity contribution in [3.8, 4) is 0 Å². The molecule has 0 aliphatic heterocycles. The van der Waals surface area contributed by atoms with Gasteiger partial charge in [0, 0.05) is 7.11 Å². The van der Waals surface area contributed by atoms with Crippen LogP contribution in [0.2, 0.25) is 0 Å². The van der Waals surface area contributed by atoms with Gasteiger partial charge in [-0.3, -0.25) is 4.57 Å². The smallest absolute Gasteiger partial charge is 0.309 e. The van der Waals surface area contributed by atoms with Crippen molar-refractivity contribution < 1.29 is 13.6 Å². The first kappa shape index (κ1) is 21.2. The van der Waals surface area contributed by atoms with Gasteiger partial charge in [0.05, 0.1) is 11.4 Å². The van der Waals surface area contributed by atoms with Gasteiger partial charge in [-0.2, -0.15) is 0 Å². The van der Waals surface area contributed by atoms with Gasteiger partial charge in [0.25, 0.3) is 0 Å². The summed E-state index contributed by atoms with van der Waals surface area (Å²) in [6.45, 7) is 5.18. The fraction of sp³-hybridized carbons (Fsp3) is 0.769. The van der Waals surface area contributed by atoms with Gasteiger partial charge in [-0.05, 0) is 104 Å². The van der Waals surface area contributed by atoms with Gasteiger partial charge in [0.2, 0.25) is 0 Å². The molecule has 0 aromatic heterocycles. The largest absolute Gasteiger partial charge is 0.361 e. The predicted molar refractivity (Wildman–Crippen MR) is 122 cm³/mol. The minimum Gasteiger partial charge on any atom is -0.309 e. The minimum absolute atomic E-state index is 0.0472. The highest BCUT2D eigenvalue weighted by Crippen LogP contribution is 2.66. The molecule has 0 spiro atoms. The Morgan fingerprint density at radius 2 is 1.73 bits per heavy atom. The molecule has 166 valence electrons. The van der Waals surface area contributed by atoms with Gasteiger partial charge in [-0.25, -0.2) is 0 Å². The van der Waals surface area contributed by atoms with Crippen LogP contribution in [0.1, 0.15) is 78.1 Å². The van der Waals surface area contributed by atoms with Gasteiger partial charge in [-0.1, -0.05) is 38.5 Å². The fourth-order valence-electron chi connectivity index (χ4n) is 8.32. The summed E-state index contributed by atoms with van der Waals surface area (Å²) in [5.74, 6) is 3.50. The number of fused-ring (bicyclic) bond motifs is 5. The summed E-state index contributed by atoms with van der Waals surface area (Å²) >= 11 is 0. The predicted octanol–water partition coefficient (Wildman–Crippen LogP) is 6.97. The van der Waals surface area contributed by atoms with E-state index >= 15 is 0 Å². The van der Waals surface area contributed by atoms with Crippen LogP contribution in [-0.4, -0.2) is 13.2 Å². The molecule has 8 atom stereocenters. The highest BCUT2D eigenvalue weighted by Gasteiger charge is 2.58. The zero-order chi connectivity index (χ0) is 21.0. The average Bonchev–Trinajstić information content (AvgIpc) is 3.16. The van der Waals surface area contributed by atoms with Crippen molar-refractivity contribution in [2.75, 3.05) is 7.11 Å². The SMILES string of the molecule is COP(=O)(O[C@@H]1CC[C@@]2(C)[C@@H](CC[C@H]3[C@@H]4CCC[C@@]4(C)CC[C@@H]32)C1)c1ccccc1. The second-order valence-corrected chi connectivity index (χ2v) is 13.3. The maximum atomic E-state index is 13.4. The highest BCUT2D eigenvalue weighted by molar-refractivity contribution is 7.62. The van der Waals surface area contributed by atoms with E-state index in [1.807, 2.05) is 30.3 Å². The van der Waals surface area contributed by atoms with E-state index in [1.54, 1.807) is 0 Å². The Morgan fingerprint density at radius 1 is 0.933 bits per heavy atom. The van der Waals surface area contributed by atoms with Crippen molar-refractivity contribution in [3.05, 3.63) is 30.3 Å². The van der Waals surface area contributed by atoms with Crippen LogP contribution in [-0.2, 0) is 13.6 Å². The van der Waals surface area contributed by atoms with Gasteiger partial charge in [0.15, 0.2) is 0 Å². The van der Waals surface area contributed by atoms with Crippen LogP contribution >= 0.6 is 7.60 Å². The molecule has 30 heavy (non-hydrogen) atoms. The lowest BCUT2D eigenvalue weighted by Gasteiger charge is -2.60. The summed E-state index contributed by atoms with van der Waals surface area (Å²) in [6, 6.07) is 9.48. The molecule has 4 saturated carbocycles. The number of rotatable bonds is 4. The molecular formula is C26H39O3P. The third-order valence-electron chi connectivity index (χ3n) is 10.00. The summed E-state index contributed by atoms with van der Waals surface area (Å²) in [5, 5.41) is 0.678. The molecule has 0 heterocycles. The Bertz CT molecular complexity index is 810. The Labute approximate surface area is 182 Å². The molecule has 4 aliphatic carbocycles. The lowest BCUT2D eigenvalue weighted by Crippen LogP contribution is -2.53. The first-order chi connectivity index (χ1) is 14.4. The van der Waals surface area contributed by atoms with Crippen LogP contribution < -0.4 is 5.30 Å². The molecule has 1 unspecified atom stereocenters. The van der Waals surface area contributed by atoms with Crippen LogP contribution in [0.5, 0.6) is 0 Å². The van der Waals surface area contributed by atoms with Crippen molar-refractivity contribution in [1.29, 1.82) is 0 Å². The summed E-state index contributed by atoms with van der Waals surface area (Å²) in [5.41, 5.74) is 1.07. The normalized spacial score (nSPS) is 45.1. The zero-order valence-corrected chi connectivity index (χ0v) is 19.9. The fourth-order valence-corrected chi connectivity index (χ4v) is 9.86. The zero-order valence-electron chi connectivity index (χ0n) is 19.0. The minimum atomic E-state index is -3.24. The summed E-state index contributed by atoms with van der Waals surface area (Å²) in [4.78, 5) is 0. The van der Waals surface area contributed by atoms with Crippen LogP contribution in [0.3, 0.4) is 0 Å². The summed E-state index contributed by atoms with van der Waals surface area (Å²) < 4.78 is 25.2. The number of benzene rings is 1. The van der Waals surface area contributed by atoms with Crippen molar-refractivity contribution in [2.24, 2.45) is 34.5 Å². The van der Waals surface area contributed by atoms with E-state index < -0.39 is 7.60 Å². The Kier molecular flexibility index (Phi) is 5.48. The first-order valence-electron chi connectivity index (χ1n) is 12.3. The van der Waals surface area contributed by atoms with Gasteiger partial charge in [-0.15, -0.1) is 0 Å². The standard InChI is InChI=1S/C26H39O3P/c1-25-15-7-10-23(25)22-12-11-19-18-20(13-17-26(19,2)24(22)14-16-25)29-30(27,28-3)21-8-5-4-6-9-21/h4-6,8-9,19-20,22-24H,7,10-18H2,1-3H3/t19-,20+,22-,23-,24-,25-,26-,30?/m0/s1. The van der Waals surface area contributed by atoms with Crippen molar-refractivity contribution in [1.82, 2.24) is 0 Å². The molecule has 4 heteroatoms. The molecular weight excluding hydrogens is 391 g/mol. The quantitative estimate of drug-likeness (QED) is 0.484. The molecule has 0 saturated heterocycles. The summed E-state index contributed by atoms with van der Waals surface area (Å²) in [6.07, 6.45) is 13.3. The molecule has 4 fully saturated rings. The monoisotopic (exact) mass is 430 g/mol. The van der Waals surface area contributed by atoms with Crippen LogP contribution in [0.4, 0.5) is 0 Å².